The van der Waals surface area contributed by atoms with E-state index >= 15 is 0 Å². The van der Waals surface area contributed by atoms with Crippen LogP contribution >= 0.6 is 0 Å². The fourth-order valence-corrected chi connectivity index (χ4v) is 1.44. The zero-order chi connectivity index (χ0) is 9.80. The molecule has 0 saturated heterocycles. The van der Waals surface area contributed by atoms with Crippen molar-refractivity contribution in [2.45, 2.75) is 13.0 Å². The van der Waals surface area contributed by atoms with E-state index in [2.05, 4.69) is 24.0 Å². The van der Waals surface area contributed by atoms with Crippen LogP contribution in [0.15, 0.2) is 47.7 Å². The second-order valence-electron chi connectivity index (χ2n) is 3.32. The molecule has 0 aromatic heterocycles. The van der Waals surface area contributed by atoms with Crippen LogP contribution in [0, 0.1) is 0 Å². The molecule has 0 N–H and O–H groups in total. The lowest BCUT2D eigenvalue weighted by molar-refractivity contribution is 0.315. The first-order valence-corrected chi connectivity index (χ1v) is 4.76. The lowest BCUT2D eigenvalue weighted by Crippen LogP contribution is -1.99. The molecule has 2 heteroatoms. The van der Waals surface area contributed by atoms with Gasteiger partial charge in [-0.3, -0.25) is 4.99 Å². The molecule has 2 rings (SSSR count). The van der Waals surface area contributed by atoms with Gasteiger partial charge in [-0.15, -0.1) is 0 Å². The van der Waals surface area contributed by atoms with E-state index in [0.29, 0.717) is 6.61 Å². The highest BCUT2D eigenvalue weighted by Crippen LogP contribution is 2.16. The summed E-state index contributed by atoms with van der Waals surface area (Å²) >= 11 is 0. The third kappa shape index (κ3) is 2.02. The van der Waals surface area contributed by atoms with Gasteiger partial charge >= 0.3 is 0 Å². The number of benzene rings is 1. The number of aliphatic imine (C=N–C) groups is 1. The van der Waals surface area contributed by atoms with Gasteiger partial charge < -0.3 is 4.74 Å². The highest BCUT2D eigenvalue weighted by molar-refractivity contribution is 5.97. The molecule has 0 radical (unpaired) electrons. The molecule has 1 atom stereocenters. The summed E-state index contributed by atoms with van der Waals surface area (Å²) in [5, 5.41) is 0. The van der Waals surface area contributed by atoms with Gasteiger partial charge in [0.05, 0.1) is 18.0 Å². The minimum Gasteiger partial charge on any atom is -0.495 e. The summed E-state index contributed by atoms with van der Waals surface area (Å²) in [6, 6.07) is 10.5. The van der Waals surface area contributed by atoms with Gasteiger partial charge in [-0.05, 0) is 18.6 Å². The van der Waals surface area contributed by atoms with Crippen molar-refractivity contribution in [3.8, 4) is 0 Å². The molecule has 0 unspecified atom stereocenters. The van der Waals surface area contributed by atoms with Crippen LogP contribution in [-0.2, 0) is 4.74 Å². The third-order valence-corrected chi connectivity index (χ3v) is 2.23. The molecule has 0 bridgehead atoms. The van der Waals surface area contributed by atoms with E-state index in [1.807, 2.05) is 24.3 Å². The first-order chi connectivity index (χ1) is 6.86. The molecule has 1 aromatic carbocycles. The molecule has 0 fully saturated rings. The van der Waals surface area contributed by atoms with Crippen molar-refractivity contribution in [3.05, 3.63) is 48.2 Å². The average Bonchev–Trinajstić information content (AvgIpc) is 2.72. The van der Waals surface area contributed by atoms with Crippen molar-refractivity contribution in [2.75, 3.05) is 6.61 Å². The summed E-state index contributed by atoms with van der Waals surface area (Å²) in [6.07, 6.45) is 3.61. The summed E-state index contributed by atoms with van der Waals surface area (Å²) in [4.78, 5) is 4.55. The molecule has 14 heavy (non-hydrogen) atoms. The first kappa shape index (κ1) is 9.00. The number of hydrogen-bond acceptors (Lipinski definition) is 2. The maximum atomic E-state index is 5.08. The van der Waals surface area contributed by atoms with Crippen molar-refractivity contribution < 1.29 is 4.74 Å². The predicted octanol–water partition coefficient (Wildman–Crippen LogP) is 2.73. The molecular formula is C12H13NO. The van der Waals surface area contributed by atoms with Crippen LogP contribution in [0.2, 0.25) is 0 Å². The monoisotopic (exact) mass is 187 g/mol. The van der Waals surface area contributed by atoms with Gasteiger partial charge in [-0.2, -0.15) is 0 Å². The normalized spacial score (nSPS) is 19.6. The largest absolute Gasteiger partial charge is 0.495 e. The third-order valence-electron chi connectivity index (χ3n) is 2.23. The summed E-state index contributed by atoms with van der Waals surface area (Å²) in [5.74, 6) is 0. The molecule has 0 aliphatic carbocycles. The number of rotatable bonds is 2. The quantitative estimate of drug-likeness (QED) is 0.697. The van der Waals surface area contributed by atoms with Gasteiger partial charge in [0.2, 0.25) is 0 Å². The molecule has 1 aromatic rings. The van der Waals surface area contributed by atoms with E-state index in [9.17, 15) is 0 Å². The van der Waals surface area contributed by atoms with Crippen molar-refractivity contribution in [3.63, 3.8) is 0 Å². The molecule has 2 nitrogen and oxygen atoms in total. The lowest BCUT2D eigenvalue weighted by atomic mass is 10.1. The SMILES string of the molecule is C[C@H](N=C1C=COC1)c1ccccc1. The zero-order valence-corrected chi connectivity index (χ0v) is 8.18. The minimum absolute atomic E-state index is 0.206. The van der Waals surface area contributed by atoms with E-state index in [1.165, 1.54) is 5.56 Å². The van der Waals surface area contributed by atoms with Crippen LogP contribution in [0.25, 0.3) is 0 Å². The van der Waals surface area contributed by atoms with E-state index in [4.69, 9.17) is 4.74 Å². The maximum absolute atomic E-state index is 5.08. The van der Waals surface area contributed by atoms with Crippen molar-refractivity contribution in [1.29, 1.82) is 0 Å². The highest BCUT2D eigenvalue weighted by Gasteiger charge is 2.06. The Hall–Kier alpha value is -1.57. The molecule has 0 saturated carbocycles. The zero-order valence-electron chi connectivity index (χ0n) is 8.18. The van der Waals surface area contributed by atoms with Gasteiger partial charge in [-0.25, -0.2) is 0 Å². The molecule has 1 aliphatic heterocycles. The second-order valence-corrected chi connectivity index (χ2v) is 3.32. The molecule has 0 amide bonds. The number of nitrogens with zero attached hydrogens (tertiary/aromatic N) is 1. The Morgan fingerprint density at radius 3 is 2.71 bits per heavy atom. The van der Waals surface area contributed by atoms with Crippen LogP contribution in [-0.4, -0.2) is 12.3 Å². The van der Waals surface area contributed by atoms with Crippen LogP contribution in [0.1, 0.15) is 18.5 Å². The van der Waals surface area contributed by atoms with Crippen LogP contribution in [0.5, 0.6) is 0 Å². The van der Waals surface area contributed by atoms with E-state index in [0.717, 1.165) is 5.71 Å². The molecular weight excluding hydrogens is 174 g/mol. The molecule has 72 valence electrons. The van der Waals surface area contributed by atoms with Crippen molar-refractivity contribution in [1.82, 2.24) is 0 Å². The highest BCUT2D eigenvalue weighted by atomic mass is 16.5. The maximum Gasteiger partial charge on any atom is 0.129 e. The fourth-order valence-electron chi connectivity index (χ4n) is 1.44. The predicted molar refractivity (Wildman–Crippen MR) is 57.4 cm³/mol. The Kier molecular flexibility index (Phi) is 2.63. The smallest absolute Gasteiger partial charge is 0.129 e. The Bertz CT molecular complexity index is 354. The molecule has 0 spiro atoms. The summed E-state index contributed by atoms with van der Waals surface area (Å²) in [7, 11) is 0. The summed E-state index contributed by atoms with van der Waals surface area (Å²) in [6.45, 7) is 2.70. The van der Waals surface area contributed by atoms with Gasteiger partial charge in [0.15, 0.2) is 0 Å². The molecule has 1 heterocycles. The lowest BCUT2D eigenvalue weighted by Gasteiger charge is -2.06. The topological polar surface area (TPSA) is 21.6 Å². The summed E-state index contributed by atoms with van der Waals surface area (Å²) in [5.41, 5.74) is 2.25. The fraction of sp³-hybridized carbons (Fsp3) is 0.250. The average molecular weight is 187 g/mol. The van der Waals surface area contributed by atoms with E-state index in [1.54, 1.807) is 6.26 Å². The van der Waals surface area contributed by atoms with Gasteiger partial charge in [0, 0.05) is 0 Å². The first-order valence-electron chi connectivity index (χ1n) is 4.76. The van der Waals surface area contributed by atoms with Gasteiger partial charge in [0.1, 0.15) is 6.61 Å². The summed E-state index contributed by atoms with van der Waals surface area (Å²) < 4.78 is 5.08. The Morgan fingerprint density at radius 1 is 1.29 bits per heavy atom. The second kappa shape index (κ2) is 4.09. The van der Waals surface area contributed by atoms with Crippen LogP contribution in [0.3, 0.4) is 0 Å². The van der Waals surface area contributed by atoms with Crippen LogP contribution in [0.4, 0.5) is 0 Å². The van der Waals surface area contributed by atoms with E-state index in [-0.39, 0.29) is 6.04 Å². The minimum atomic E-state index is 0.206. The Labute approximate surface area is 83.9 Å². The number of hydrogen-bond donors (Lipinski definition) is 0. The standard InChI is InChI=1S/C12H13NO/c1-10(11-5-3-2-4-6-11)13-12-7-8-14-9-12/h2-8,10H,9H2,1H3/t10-/m0/s1. The van der Waals surface area contributed by atoms with Crippen molar-refractivity contribution in [2.24, 2.45) is 4.99 Å². The van der Waals surface area contributed by atoms with Gasteiger partial charge in [-0.1, -0.05) is 30.3 Å². The van der Waals surface area contributed by atoms with Crippen LogP contribution < -0.4 is 0 Å². The van der Waals surface area contributed by atoms with Gasteiger partial charge in [0.25, 0.3) is 0 Å². The Balaban J connectivity index is 2.13. The Morgan fingerprint density at radius 2 is 2.07 bits per heavy atom. The van der Waals surface area contributed by atoms with Crippen molar-refractivity contribution >= 4 is 5.71 Å². The van der Waals surface area contributed by atoms with E-state index < -0.39 is 0 Å². The number of ether oxygens (including phenoxy) is 1. The molecule has 1 aliphatic rings.